The lowest BCUT2D eigenvalue weighted by atomic mass is 9.85. The van der Waals surface area contributed by atoms with E-state index in [1.807, 2.05) is 0 Å². The van der Waals surface area contributed by atoms with Crippen molar-refractivity contribution in [3.8, 4) is 0 Å². The molecule has 2 rings (SSSR count). The van der Waals surface area contributed by atoms with Gasteiger partial charge in [-0.25, -0.2) is 4.58 Å². The molecule has 0 spiro atoms. The molecule has 72 valence electrons. The van der Waals surface area contributed by atoms with Crippen molar-refractivity contribution in [3.05, 3.63) is 11.3 Å². The zero-order chi connectivity index (χ0) is 9.42. The van der Waals surface area contributed by atoms with Crippen LogP contribution in [0.15, 0.2) is 11.3 Å². The van der Waals surface area contributed by atoms with Crippen molar-refractivity contribution in [2.75, 3.05) is 13.6 Å². The molecule has 1 aliphatic carbocycles. The molecule has 2 aliphatic rings. The zero-order valence-electron chi connectivity index (χ0n) is 8.64. The molecule has 0 aromatic carbocycles. The Morgan fingerprint density at radius 1 is 1.31 bits per heavy atom. The van der Waals surface area contributed by atoms with E-state index in [1.165, 1.54) is 37.0 Å². The quantitative estimate of drug-likeness (QED) is 0.561. The maximum atomic E-state index is 6.13. The van der Waals surface area contributed by atoms with E-state index in [-0.39, 0.29) is 0 Å². The van der Waals surface area contributed by atoms with Gasteiger partial charge in [-0.3, -0.25) is 0 Å². The van der Waals surface area contributed by atoms with Gasteiger partial charge in [0.25, 0.3) is 0 Å². The molecule has 0 aromatic rings. The molecular formula is C11H19N2+. The Hall–Kier alpha value is -0.790. The molecule has 2 heteroatoms. The summed E-state index contributed by atoms with van der Waals surface area (Å²) in [5.41, 5.74) is 10.3. The van der Waals surface area contributed by atoms with E-state index >= 15 is 0 Å². The van der Waals surface area contributed by atoms with Crippen molar-refractivity contribution in [2.24, 2.45) is 11.7 Å². The van der Waals surface area contributed by atoms with E-state index in [1.54, 1.807) is 0 Å². The molecule has 0 aromatic heterocycles. The van der Waals surface area contributed by atoms with Gasteiger partial charge in [0.1, 0.15) is 7.05 Å². The second-order valence-electron chi connectivity index (χ2n) is 4.37. The Labute approximate surface area is 80.1 Å². The third-order valence-electron chi connectivity index (χ3n) is 3.33. The molecule has 1 heterocycles. The number of rotatable bonds is 0. The molecule has 1 fully saturated rings. The summed E-state index contributed by atoms with van der Waals surface area (Å²) in [5.74, 6) is 0.543. The van der Waals surface area contributed by atoms with Crippen LogP contribution in [0, 0.1) is 5.92 Å². The van der Waals surface area contributed by atoms with Gasteiger partial charge >= 0.3 is 0 Å². The summed E-state index contributed by atoms with van der Waals surface area (Å²) in [6.07, 6.45) is 5.10. The van der Waals surface area contributed by atoms with Crippen LogP contribution in [-0.4, -0.2) is 23.9 Å². The number of fused-ring (bicyclic) bond motifs is 1. The van der Waals surface area contributed by atoms with Gasteiger partial charge in [0, 0.05) is 17.7 Å². The maximum absolute atomic E-state index is 6.13. The van der Waals surface area contributed by atoms with Gasteiger partial charge in [0.2, 0.25) is 0 Å². The summed E-state index contributed by atoms with van der Waals surface area (Å²) in [7, 11) is 2.20. The lowest BCUT2D eigenvalue weighted by Crippen LogP contribution is -2.35. The first-order valence-corrected chi connectivity index (χ1v) is 5.26. The highest BCUT2D eigenvalue weighted by molar-refractivity contribution is 5.98. The average Bonchev–Trinajstić information content (AvgIpc) is 2.15. The molecule has 2 nitrogen and oxygen atoms in total. The van der Waals surface area contributed by atoms with Crippen LogP contribution in [0.5, 0.6) is 0 Å². The first-order chi connectivity index (χ1) is 6.20. The number of nitrogens with two attached hydrogens (primary N) is 1. The van der Waals surface area contributed by atoms with Crippen LogP contribution in [0.4, 0.5) is 0 Å². The van der Waals surface area contributed by atoms with Crippen LogP contribution in [0.25, 0.3) is 0 Å². The lowest BCUT2D eigenvalue weighted by Gasteiger charge is -2.25. The summed E-state index contributed by atoms with van der Waals surface area (Å²) in [6.45, 7) is 3.33. The third-order valence-corrected chi connectivity index (χ3v) is 3.33. The van der Waals surface area contributed by atoms with Crippen molar-refractivity contribution in [1.82, 2.24) is 0 Å². The van der Waals surface area contributed by atoms with E-state index in [9.17, 15) is 0 Å². The largest absolute Gasteiger partial charge is 0.401 e. The highest BCUT2D eigenvalue weighted by Gasteiger charge is 2.30. The first-order valence-electron chi connectivity index (χ1n) is 5.26. The number of hydrogen-bond donors (Lipinski definition) is 1. The minimum Gasteiger partial charge on any atom is -0.401 e. The topological polar surface area (TPSA) is 29.0 Å². The predicted molar refractivity (Wildman–Crippen MR) is 54.9 cm³/mol. The Morgan fingerprint density at radius 3 is 2.77 bits per heavy atom. The Bertz CT molecular complexity index is 286. The molecule has 1 saturated carbocycles. The molecule has 1 aliphatic heterocycles. The van der Waals surface area contributed by atoms with Crippen LogP contribution < -0.4 is 5.73 Å². The normalized spacial score (nSPS) is 29.2. The first kappa shape index (κ1) is 8.79. The van der Waals surface area contributed by atoms with Gasteiger partial charge in [-0.05, 0) is 19.3 Å². The molecule has 0 bridgehead atoms. The van der Waals surface area contributed by atoms with Gasteiger partial charge in [-0.2, -0.15) is 0 Å². The van der Waals surface area contributed by atoms with Crippen molar-refractivity contribution >= 4 is 5.71 Å². The number of allylic oxidation sites excluding steroid dienone is 1. The highest BCUT2D eigenvalue weighted by Crippen LogP contribution is 2.27. The van der Waals surface area contributed by atoms with Gasteiger partial charge in [0.15, 0.2) is 12.3 Å². The van der Waals surface area contributed by atoms with E-state index in [2.05, 4.69) is 18.5 Å². The Morgan fingerprint density at radius 2 is 2.00 bits per heavy atom. The number of hydrogen-bond acceptors (Lipinski definition) is 1. The van der Waals surface area contributed by atoms with E-state index in [0.29, 0.717) is 5.92 Å². The van der Waals surface area contributed by atoms with Gasteiger partial charge in [0.05, 0.1) is 5.92 Å². The molecule has 0 amide bonds. The van der Waals surface area contributed by atoms with Crippen molar-refractivity contribution in [3.63, 3.8) is 0 Å². The van der Waals surface area contributed by atoms with Crippen molar-refractivity contribution < 1.29 is 4.58 Å². The minimum absolute atomic E-state index is 0.543. The zero-order valence-corrected chi connectivity index (χ0v) is 8.64. The van der Waals surface area contributed by atoms with Crippen molar-refractivity contribution in [2.45, 2.75) is 32.6 Å². The van der Waals surface area contributed by atoms with Gasteiger partial charge in [-0.15, -0.1) is 0 Å². The smallest absolute Gasteiger partial charge is 0.180 e. The standard InChI is InChI=1S/C11H18N2/c1-8-7-13(2)10-6-4-3-5-9(10)11(8)12/h8,12H,3-7H2,1-2H3/p+1. The molecule has 2 N–H and O–H groups in total. The van der Waals surface area contributed by atoms with Crippen LogP contribution >= 0.6 is 0 Å². The lowest BCUT2D eigenvalue weighted by molar-refractivity contribution is -0.505. The second-order valence-corrected chi connectivity index (χ2v) is 4.37. The summed E-state index contributed by atoms with van der Waals surface area (Å²) in [5, 5.41) is 0. The van der Waals surface area contributed by atoms with Gasteiger partial charge < -0.3 is 5.73 Å². The summed E-state index contributed by atoms with van der Waals surface area (Å²) in [4.78, 5) is 0. The predicted octanol–water partition coefficient (Wildman–Crippen LogP) is 1.51. The second kappa shape index (κ2) is 3.17. The van der Waals surface area contributed by atoms with E-state index < -0.39 is 0 Å². The average molecular weight is 179 g/mol. The molecular weight excluding hydrogens is 160 g/mol. The Kier molecular flexibility index (Phi) is 2.14. The molecule has 0 saturated heterocycles. The molecule has 1 unspecified atom stereocenters. The Balaban J connectivity index is 2.40. The molecule has 1 atom stereocenters. The third kappa shape index (κ3) is 1.38. The van der Waals surface area contributed by atoms with Crippen LogP contribution in [-0.2, 0) is 0 Å². The van der Waals surface area contributed by atoms with Crippen LogP contribution in [0.2, 0.25) is 0 Å². The van der Waals surface area contributed by atoms with Crippen molar-refractivity contribution in [1.29, 1.82) is 0 Å². The monoisotopic (exact) mass is 179 g/mol. The fourth-order valence-electron chi connectivity index (χ4n) is 2.54. The van der Waals surface area contributed by atoms with Gasteiger partial charge in [-0.1, -0.05) is 6.92 Å². The van der Waals surface area contributed by atoms with Crippen LogP contribution in [0.1, 0.15) is 32.6 Å². The minimum atomic E-state index is 0.543. The summed E-state index contributed by atoms with van der Waals surface area (Å²) >= 11 is 0. The van der Waals surface area contributed by atoms with E-state index in [0.717, 1.165) is 12.2 Å². The van der Waals surface area contributed by atoms with E-state index in [4.69, 9.17) is 5.73 Å². The highest BCUT2D eigenvalue weighted by atomic mass is 15.0. The number of nitrogens with zero attached hydrogens (tertiary/aromatic N) is 1. The van der Waals surface area contributed by atoms with Crippen LogP contribution in [0.3, 0.4) is 0 Å². The molecule has 13 heavy (non-hydrogen) atoms. The fourth-order valence-corrected chi connectivity index (χ4v) is 2.54. The maximum Gasteiger partial charge on any atom is 0.180 e. The SMILES string of the molecule is CC1C[N+](C)=C2CCCCC2=C1N. The fraction of sp³-hybridized carbons (Fsp3) is 0.727. The summed E-state index contributed by atoms with van der Waals surface area (Å²) < 4.78 is 2.40. The summed E-state index contributed by atoms with van der Waals surface area (Å²) in [6, 6.07) is 0. The molecule has 0 radical (unpaired) electrons.